The molecule has 3 aromatic heterocycles. The van der Waals surface area contributed by atoms with Crippen LogP contribution < -0.4 is 5.32 Å². The third kappa shape index (κ3) is 7.29. The molecule has 0 aromatic carbocycles. The van der Waals surface area contributed by atoms with Crippen LogP contribution in [0, 0.1) is 24.2 Å². The number of nitriles is 1. The van der Waals surface area contributed by atoms with Crippen molar-refractivity contribution in [1.29, 1.82) is 5.26 Å². The molecule has 11 heteroatoms. The molecule has 0 spiro atoms. The number of amides is 1. The molecule has 2 aliphatic rings. The highest BCUT2D eigenvalue weighted by Crippen LogP contribution is 2.38. The maximum absolute atomic E-state index is 13.1. The second-order valence-electron chi connectivity index (χ2n) is 10.6. The molecule has 1 aliphatic carbocycles. The molecule has 1 N–H and O–H groups in total. The van der Waals surface area contributed by atoms with Gasteiger partial charge < -0.3 is 14.8 Å². The SMILES string of the molecule is COCCCc1ccc(-n2ncc(C(=O)Nc3ccc(C4CC(C#N)CCC4N4CCOCC4)nc3)c2C)nc1.Cl. The Hall–Kier alpha value is -3.36. The van der Waals surface area contributed by atoms with E-state index in [1.807, 2.05) is 37.4 Å². The van der Waals surface area contributed by atoms with E-state index in [0.717, 1.165) is 69.7 Å². The highest BCUT2D eigenvalue weighted by molar-refractivity contribution is 6.04. The average molecular weight is 580 g/mol. The lowest BCUT2D eigenvalue weighted by molar-refractivity contribution is 0.0000694. The summed E-state index contributed by atoms with van der Waals surface area (Å²) in [4.78, 5) is 24.9. The number of aromatic nitrogens is 4. The summed E-state index contributed by atoms with van der Waals surface area (Å²) in [6, 6.07) is 10.7. The second kappa shape index (κ2) is 14.5. The average Bonchev–Trinajstić information content (AvgIpc) is 3.39. The number of nitrogens with zero attached hydrogens (tertiary/aromatic N) is 6. The van der Waals surface area contributed by atoms with Crippen LogP contribution in [0.3, 0.4) is 0 Å². The molecule has 1 aliphatic heterocycles. The van der Waals surface area contributed by atoms with E-state index in [1.165, 1.54) is 0 Å². The third-order valence-corrected chi connectivity index (χ3v) is 8.03. The van der Waals surface area contributed by atoms with Gasteiger partial charge in [-0.25, -0.2) is 9.67 Å². The Morgan fingerprint density at radius 1 is 1.15 bits per heavy atom. The maximum Gasteiger partial charge on any atom is 0.259 e. The molecule has 1 saturated carbocycles. The molecule has 3 atom stereocenters. The lowest BCUT2D eigenvalue weighted by Gasteiger charge is -2.42. The molecule has 1 saturated heterocycles. The molecule has 1 amide bonds. The Balaban J connectivity index is 0.00000387. The number of pyridine rings is 2. The molecule has 2 fully saturated rings. The number of halogens is 1. The third-order valence-electron chi connectivity index (χ3n) is 8.03. The number of carbonyl (C=O) groups is 1. The molecule has 0 bridgehead atoms. The summed E-state index contributed by atoms with van der Waals surface area (Å²) in [6.07, 6.45) is 9.66. The van der Waals surface area contributed by atoms with Crippen LogP contribution in [0.1, 0.15) is 58.9 Å². The van der Waals surface area contributed by atoms with Gasteiger partial charge in [-0.05, 0) is 62.8 Å². The number of rotatable bonds is 9. The molecular formula is C30H38ClN7O3. The number of methoxy groups -OCH3 is 1. The first kappa shape index (κ1) is 30.6. The molecule has 4 heterocycles. The van der Waals surface area contributed by atoms with Gasteiger partial charge in [0.05, 0.1) is 48.6 Å². The zero-order chi connectivity index (χ0) is 27.9. The van der Waals surface area contributed by atoms with E-state index < -0.39 is 0 Å². The van der Waals surface area contributed by atoms with Crippen molar-refractivity contribution in [2.45, 2.75) is 51.0 Å². The van der Waals surface area contributed by atoms with Crippen LogP contribution >= 0.6 is 12.4 Å². The molecule has 3 aromatic rings. The molecule has 10 nitrogen and oxygen atoms in total. The Morgan fingerprint density at radius 2 is 1.98 bits per heavy atom. The largest absolute Gasteiger partial charge is 0.385 e. The monoisotopic (exact) mass is 579 g/mol. The topological polar surface area (TPSA) is 118 Å². The molecule has 3 unspecified atom stereocenters. The summed E-state index contributed by atoms with van der Waals surface area (Å²) in [5.74, 6) is 0.642. The van der Waals surface area contributed by atoms with Gasteiger partial charge in [0.25, 0.3) is 5.91 Å². The minimum Gasteiger partial charge on any atom is -0.385 e. The lowest BCUT2D eigenvalue weighted by atomic mass is 9.76. The Bertz CT molecular complexity index is 1320. The number of morpholine rings is 1. The van der Waals surface area contributed by atoms with Gasteiger partial charge in [-0.1, -0.05) is 6.07 Å². The fourth-order valence-corrected chi connectivity index (χ4v) is 5.81. The zero-order valence-corrected chi connectivity index (χ0v) is 24.5. The van der Waals surface area contributed by atoms with Crippen molar-refractivity contribution in [3.63, 3.8) is 0 Å². The fraction of sp³-hybridized carbons (Fsp3) is 0.500. The molecule has 41 heavy (non-hydrogen) atoms. The van der Waals surface area contributed by atoms with Crippen molar-refractivity contribution < 1.29 is 14.3 Å². The van der Waals surface area contributed by atoms with Crippen LogP contribution in [-0.4, -0.2) is 76.6 Å². The first-order chi connectivity index (χ1) is 19.6. The first-order valence-electron chi connectivity index (χ1n) is 14.0. The van der Waals surface area contributed by atoms with E-state index in [9.17, 15) is 10.1 Å². The van der Waals surface area contributed by atoms with Crippen molar-refractivity contribution in [3.05, 3.63) is 65.4 Å². The van der Waals surface area contributed by atoms with Gasteiger partial charge in [-0.2, -0.15) is 10.4 Å². The number of hydrogen-bond donors (Lipinski definition) is 1. The van der Waals surface area contributed by atoms with Crippen LogP contribution in [-0.2, 0) is 15.9 Å². The Morgan fingerprint density at radius 3 is 2.66 bits per heavy atom. The summed E-state index contributed by atoms with van der Waals surface area (Å²) in [5, 5.41) is 17.0. The highest BCUT2D eigenvalue weighted by Gasteiger charge is 2.36. The van der Waals surface area contributed by atoms with Gasteiger partial charge in [-0.15, -0.1) is 12.4 Å². The standard InChI is InChI=1S/C30H37N7O3.ClH/c1-21-26(20-34-37(21)29-10-6-22(18-33-29)4-3-13-39-2)30(38)35-24-7-8-27(32-19-24)25-16-23(17-31)5-9-28(25)36-11-14-40-15-12-36;/h6-8,10,18-20,23,25,28H,3-5,9,11-16H2,1-2H3,(H,35,38);1H. The number of carbonyl (C=O) groups excluding carboxylic acids is 1. The quantitative estimate of drug-likeness (QED) is 0.372. The number of ether oxygens (including phenoxy) is 2. The normalized spacial score (nSPS) is 21.0. The second-order valence-corrected chi connectivity index (χ2v) is 10.6. The van der Waals surface area contributed by atoms with Gasteiger partial charge in [-0.3, -0.25) is 14.7 Å². The van der Waals surface area contributed by atoms with Crippen molar-refractivity contribution in [2.24, 2.45) is 5.92 Å². The van der Waals surface area contributed by atoms with Crippen LogP contribution in [0.15, 0.2) is 42.9 Å². The fourth-order valence-electron chi connectivity index (χ4n) is 5.81. The number of anilines is 1. The highest BCUT2D eigenvalue weighted by atomic mass is 35.5. The zero-order valence-electron chi connectivity index (χ0n) is 23.7. The summed E-state index contributed by atoms with van der Waals surface area (Å²) < 4.78 is 12.3. The van der Waals surface area contributed by atoms with Gasteiger partial charge in [0.2, 0.25) is 0 Å². The van der Waals surface area contributed by atoms with Crippen molar-refractivity contribution in [3.8, 4) is 11.9 Å². The van der Waals surface area contributed by atoms with Crippen LogP contribution in [0.5, 0.6) is 0 Å². The number of nitrogens with one attached hydrogen (secondary N) is 1. The summed E-state index contributed by atoms with van der Waals surface area (Å²) >= 11 is 0. The summed E-state index contributed by atoms with van der Waals surface area (Å²) in [6.45, 7) is 5.89. The van der Waals surface area contributed by atoms with Crippen molar-refractivity contribution in [1.82, 2.24) is 24.6 Å². The summed E-state index contributed by atoms with van der Waals surface area (Å²) in [7, 11) is 1.70. The van der Waals surface area contributed by atoms with E-state index in [0.29, 0.717) is 35.4 Å². The predicted molar refractivity (Wildman–Crippen MR) is 158 cm³/mol. The van der Waals surface area contributed by atoms with E-state index in [1.54, 1.807) is 24.2 Å². The van der Waals surface area contributed by atoms with E-state index in [2.05, 4.69) is 26.4 Å². The van der Waals surface area contributed by atoms with E-state index in [-0.39, 0.29) is 30.2 Å². The van der Waals surface area contributed by atoms with Gasteiger partial charge in [0.15, 0.2) is 5.82 Å². The smallest absolute Gasteiger partial charge is 0.259 e. The Labute approximate surface area is 247 Å². The Kier molecular flexibility index (Phi) is 10.8. The minimum absolute atomic E-state index is 0. The first-order valence-corrected chi connectivity index (χ1v) is 14.0. The molecule has 5 rings (SSSR count). The predicted octanol–water partition coefficient (Wildman–Crippen LogP) is 4.33. The van der Waals surface area contributed by atoms with Crippen LogP contribution in [0.2, 0.25) is 0 Å². The molecule has 218 valence electrons. The molecular weight excluding hydrogens is 542 g/mol. The van der Waals surface area contributed by atoms with Gasteiger partial charge in [0, 0.05) is 56.6 Å². The van der Waals surface area contributed by atoms with E-state index >= 15 is 0 Å². The number of hydrogen-bond acceptors (Lipinski definition) is 8. The number of aryl methyl sites for hydroxylation is 1. The van der Waals surface area contributed by atoms with Crippen LogP contribution in [0.25, 0.3) is 5.82 Å². The van der Waals surface area contributed by atoms with Crippen LogP contribution in [0.4, 0.5) is 5.69 Å². The molecule has 0 radical (unpaired) electrons. The van der Waals surface area contributed by atoms with Gasteiger partial charge in [0.1, 0.15) is 0 Å². The lowest BCUT2D eigenvalue weighted by Crippen LogP contribution is -2.48. The minimum atomic E-state index is -0.247. The summed E-state index contributed by atoms with van der Waals surface area (Å²) in [5.41, 5.74) is 3.91. The van der Waals surface area contributed by atoms with E-state index in [4.69, 9.17) is 14.5 Å². The van der Waals surface area contributed by atoms with Gasteiger partial charge >= 0.3 is 0 Å². The van der Waals surface area contributed by atoms with Crippen molar-refractivity contribution >= 4 is 24.0 Å². The van der Waals surface area contributed by atoms with Crippen molar-refractivity contribution in [2.75, 3.05) is 45.3 Å². The maximum atomic E-state index is 13.1.